The van der Waals surface area contributed by atoms with Gasteiger partial charge in [-0.1, -0.05) is 23.2 Å². The average Bonchev–Trinajstić information content (AvgIpc) is 3.08. The number of anilines is 1. The van der Waals surface area contributed by atoms with E-state index in [1.165, 1.54) is 12.8 Å². The number of nitrogens with one attached hydrogen (secondary N) is 2. The molecule has 1 aliphatic carbocycles. The molecule has 0 radical (unpaired) electrons. The lowest BCUT2D eigenvalue weighted by Crippen LogP contribution is -2.29. The Morgan fingerprint density at radius 3 is 2.80 bits per heavy atom. The number of amides is 1. The molecule has 0 aliphatic heterocycles. The zero-order chi connectivity index (χ0) is 14.1. The van der Waals surface area contributed by atoms with Gasteiger partial charge < -0.3 is 10.6 Å². The van der Waals surface area contributed by atoms with Crippen LogP contribution in [0.15, 0.2) is 6.07 Å². The van der Waals surface area contributed by atoms with Crippen molar-refractivity contribution in [2.75, 3.05) is 18.4 Å². The van der Waals surface area contributed by atoms with Gasteiger partial charge in [0, 0.05) is 0 Å². The number of carbonyl (C=O) groups is 1. The van der Waals surface area contributed by atoms with Crippen molar-refractivity contribution in [1.29, 1.82) is 0 Å². The predicted molar refractivity (Wildman–Crippen MR) is 81.7 cm³/mol. The maximum Gasteiger partial charge on any atom is 0.238 e. The molecular formula is C12H12Cl2N4OS. The van der Waals surface area contributed by atoms with Gasteiger partial charge in [0.25, 0.3) is 0 Å². The lowest BCUT2D eigenvalue weighted by Gasteiger charge is -2.09. The summed E-state index contributed by atoms with van der Waals surface area (Å²) in [6.45, 7) is 1.14. The number of aromatic nitrogens is 2. The van der Waals surface area contributed by atoms with E-state index < -0.39 is 0 Å². The van der Waals surface area contributed by atoms with E-state index in [2.05, 4.69) is 19.4 Å². The van der Waals surface area contributed by atoms with Crippen molar-refractivity contribution >= 4 is 57.6 Å². The second-order valence-electron chi connectivity index (χ2n) is 4.80. The first-order chi connectivity index (χ1) is 9.65. The van der Waals surface area contributed by atoms with Crippen LogP contribution in [0.2, 0.25) is 10.0 Å². The van der Waals surface area contributed by atoms with Crippen molar-refractivity contribution in [3.63, 3.8) is 0 Å². The number of rotatable bonds is 5. The third kappa shape index (κ3) is 3.03. The molecule has 1 fully saturated rings. The first-order valence-electron chi connectivity index (χ1n) is 6.26. The Morgan fingerprint density at radius 2 is 2.05 bits per heavy atom. The molecule has 1 amide bonds. The highest BCUT2D eigenvalue weighted by Crippen LogP contribution is 2.35. The second-order valence-corrected chi connectivity index (χ2v) is 6.14. The first-order valence-corrected chi connectivity index (χ1v) is 7.74. The third-order valence-corrected chi connectivity index (χ3v) is 4.24. The number of nitrogens with zero attached hydrogens (tertiary/aromatic N) is 2. The molecule has 0 atom stereocenters. The summed E-state index contributed by atoms with van der Waals surface area (Å²) in [5.41, 5.74) is 1.56. The monoisotopic (exact) mass is 330 g/mol. The number of fused-ring (bicyclic) bond motifs is 1. The second kappa shape index (κ2) is 5.81. The minimum absolute atomic E-state index is 0.149. The van der Waals surface area contributed by atoms with E-state index in [0.717, 1.165) is 24.2 Å². The van der Waals surface area contributed by atoms with Crippen LogP contribution in [0.25, 0.3) is 11.0 Å². The minimum atomic E-state index is -0.149. The molecule has 1 aromatic heterocycles. The molecule has 1 heterocycles. The van der Waals surface area contributed by atoms with Gasteiger partial charge in [-0.15, -0.1) is 0 Å². The number of halogens is 2. The van der Waals surface area contributed by atoms with Gasteiger partial charge in [0.15, 0.2) is 0 Å². The molecule has 3 rings (SSSR count). The van der Waals surface area contributed by atoms with E-state index in [1.54, 1.807) is 6.07 Å². The van der Waals surface area contributed by atoms with E-state index in [9.17, 15) is 4.79 Å². The van der Waals surface area contributed by atoms with E-state index in [1.807, 2.05) is 0 Å². The molecule has 106 valence electrons. The van der Waals surface area contributed by atoms with Crippen molar-refractivity contribution in [1.82, 2.24) is 14.1 Å². The van der Waals surface area contributed by atoms with E-state index >= 15 is 0 Å². The smallest absolute Gasteiger partial charge is 0.238 e. The van der Waals surface area contributed by atoms with Gasteiger partial charge in [0.2, 0.25) is 5.91 Å². The van der Waals surface area contributed by atoms with Crippen LogP contribution in [0, 0.1) is 5.92 Å². The van der Waals surface area contributed by atoms with E-state index in [-0.39, 0.29) is 12.5 Å². The van der Waals surface area contributed by atoms with Gasteiger partial charge in [-0.25, -0.2) is 0 Å². The van der Waals surface area contributed by atoms with Gasteiger partial charge >= 0.3 is 0 Å². The molecule has 5 nitrogen and oxygen atoms in total. The molecule has 1 aliphatic rings. The summed E-state index contributed by atoms with van der Waals surface area (Å²) in [5, 5.41) is 6.70. The van der Waals surface area contributed by atoms with Gasteiger partial charge in [-0.05, 0) is 31.4 Å². The molecule has 2 N–H and O–H groups in total. The van der Waals surface area contributed by atoms with Crippen LogP contribution in [-0.2, 0) is 4.79 Å². The van der Waals surface area contributed by atoms with Gasteiger partial charge in [-0.2, -0.15) is 8.75 Å². The van der Waals surface area contributed by atoms with Crippen molar-refractivity contribution in [2.24, 2.45) is 5.92 Å². The number of hydrogen-bond acceptors (Lipinski definition) is 5. The molecule has 0 bridgehead atoms. The third-order valence-electron chi connectivity index (χ3n) is 3.12. The summed E-state index contributed by atoms with van der Waals surface area (Å²) in [6, 6.07) is 1.57. The molecule has 8 heteroatoms. The summed E-state index contributed by atoms with van der Waals surface area (Å²) in [4.78, 5) is 11.9. The Hall–Kier alpha value is -0.950. The van der Waals surface area contributed by atoms with E-state index in [4.69, 9.17) is 23.2 Å². The lowest BCUT2D eigenvalue weighted by atomic mass is 10.2. The number of hydrogen-bond donors (Lipinski definition) is 2. The van der Waals surface area contributed by atoms with Crippen LogP contribution in [0.1, 0.15) is 12.8 Å². The van der Waals surface area contributed by atoms with Gasteiger partial charge in [-0.3, -0.25) is 4.79 Å². The fraction of sp³-hybridized carbons (Fsp3) is 0.417. The van der Waals surface area contributed by atoms with Crippen molar-refractivity contribution in [3.8, 4) is 0 Å². The largest absolute Gasteiger partial charge is 0.322 e. The summed E-state index contributed by atoms with van der Waals surface area (Å²) < 4.78 is 8.23. The van der Waals surface area contributed by atoms with Crippen LogP contribution < -0.4 is 10.6 Å². The van der Waals surface area contributed by atoms with Crippen molar-refractivity contribution in [3.05, 3.63) is 16.1 Å². The van der Waals surface area contributed by atoms with Crippen LogP contribution in [0.5, 0.6) is 0 Å². The minimum Gasteiger partial charge on any atom is -0.322 e. The highest BCUT2D eigenvalue weighted by molar-refractivity contribution is 7.00. The molecule has 0 saturated heterocycles. The normalized spacial score (nSPS) is 14.7. The summed E-state index contributed by atoms with van der Waals surface area (Å²) in [6.07, 6.45) is 2.51. The Kier molecular flexibility index (Phi) is 4.07. The quantitative estimate of drug-likeness (QED) is 0.884. The van der Waals surface area contributed by atoms with Gasteiger partial charge in [0.05, 0.1) is 34.0 Å². The Morgan fingerprint density at radius 1 is 1.30 bits per heavy atom. The van der Waals surface area contributed by atoms with Crippen molar-refractivity contribution in [2.45, 2.75) is 12.8 Å². The van der Waals surface area contributed by atoms with Crippen molar-refractivity contribution < 1.29 is 4.79 Å². The summed E-state index contributed by atoms with van der Waals surface area (Å²) in [5.74, 6) is 0.584. The molecule has 20 heavy (non-hydrogen) atoms. The zero-order valence-corrected chi connectivity index (χ0v) is 12.8. The average molecular weight is 331 g/mol. The molecule has 1 aromatic carbocycles. The van der Waals surface area contributed by atoms with E-state index in [0.29, 0.717) is 26.8 Å². The zero-order valence-electron chi connectivity index (χ0n) is 10.4. The fourth-order valence-electron chi connectivity index (χ4n) is 1.89. The maximum absolute atomic E-state index is 11.9. The van der Waals surface area contributed by atoms with Crippen LogP contribution in [0.4, 0.5) is 5.69 Å². The lowest BCUT2D eigenvalue weighted by molar-refractivity contribution is -0.115. The fourth-order valence-corrected chi connectivity index (χ4v) is 3.05. The Balaban J connectivity index is 1.72. The number of benzene rings is 1. The predicted octanol–water partition coefficient (Wildman–Crippen LogP) is 2.94. The highest BCUT2D eigenvalue weighted by Gasteiger charge is 2.21. The molecule has 2 aromatic rings. The highest BCUT2D eigenvalue weighted by atomic mass is 35.5. The number of carbonyl (C=O) groups excluding carboxylic acids is 1. The molecule has 0 unspecified atom stereocenters. The molecular weight excluding hydrogens is 319 g/mol. The first kappa shape index (κ1) is 14.0. The van der Waals surface area contributed by atoms with Gasteiger partial charge in [0.1, 0.15) is 11.0 Å². The molecule has 1 saturated carbocycles. The Bertz CT molecular complexity index is 656. The SMILES string of the molecule is O=C(CNCC1CC1)Nc1c(Cl)cc(Cl)c2nsnc12. The Labute approximate surface area is 130 Å². The maximum atomic E-state index is 11.9. The van der Waals surface area contributed by atoms with Crippen LogP contribution in [-0.4, -0.2) is 27.7 Å². The molecule has 0 spiro atoms. The summed E-state index contributed by atoms with van der Waals surface area (Å²) in [7, 11) is 0. The van der Waals surface area contributed by atoms with Crippen LogP contribution in [0.3, 0.4) is 0 Å². The standard InChI is InChI=1S/C12H12Cl2N4OS/c13-7-3-8(14)11-12(18-20-17-11)10(7)16-9(19)5-15-4-6-1-2-6/h3,6,15H,1-2,4-5H2,(H,16,19). The topological polar surface area (TPSA) is 66.9 Å². The van der Waals surface area contributed by atoms with Crippen LogP contribution >= 0.6 is 34.9 Å². The summed E-state index contributed by atoms with van der Waals surface area (Å²) >= 11 is 13.2.